The van der Waals surface area contributed by atoms with Crippen molar-refractivity contribution in [2.45, 2.75) is 50.0 Å². The van der Waals surface area contributed by atoms with Gasteiger partial charge in [-0.15, -0.1) is 0 Å². The fourth-order valence-electron chi connectivity index (χ4n) is 5.83. The maximum atomic E-state index is 13.4. The molecule has 40 heavy (non-hydrogen) atoms. The molecule has 8 nitrogen and oxygen atoms in total. The molecule has 2 aromatic carbocycles. The van der Waals surface area contributed by atoms with Gasteiger partial charge in [0.15, 0.2) is 0 Å². The van der Waals surface area contributed by atoms with Gasteiger partial charge in [0.2, 0.25) is 11.8 Å². The highest BCUT2D eigenvalue weighted by Gasteiger charge is 2.47. The van der Waals surface area contributed by atoms with Crippen LogP contribution in [0.15, 0.2) is 52.9 Å². The van der Waals surface area contributed by atoms with E-state index in [1.54, 1.807) is 6.07 Å². The van der Waals surface area contributed by atoms with E-state index in [-0.39, 0.29) is 17.7 Å². The number of nitriles is 1. The zero-order valence-corrected chi connectivity index (χ0v) is 23.8. The first-order chi connectivity index (χ1) is 19.3. The molecule has 2 atom stereocenters. The quantitative estimate of drug-likeness (QED) is 0.297. The Bertz CT molecular complexity index is 1440. The van der Waals surface area contributed by atoms with E-state index in [4.69, 9.17) is 21.0 Å². The zero-order chi connectivity index (χ0) is 27.9. The topological polar surface area (TPSA) is 123 Å². The number of aromatic nitrogens is 1. The van der Waals surface area contributed by atoms with E-state index in [1.165, 1.54) is 0 Å². The SMILES string of the molecule is N#CC1(NC(=O)[C@@H]2CCCC[C@H]2c2oc(-c3cccc(Cl)c3)nc2-c2ccc(N3CCS(O)(O)CC3)cc2)CC1. The van der Waals surface area contributed by atoms with Gasteiger partial charge in [0.1, 0.15) is 17.0 Å². The minimum Gasteiger partial charge on any atom is -0.440 e. The van der Waals surface area contributed by atoms with E-state index >= 15 is 0 Å². The van der Waals surface area contributed by atoms with Crippen LogP contribution in [-0.2, 0) is 4.79 Å². The van der Waals surface area contributed by atoms with Crippen LogP contribution in [0, 0.1) is 17.2 Å². The molecule has 2 saturated carbocycles. The van der Waals surface area contributed by atoms with Crippen molar-refractivity contribution in [1.82, 2.24) is 10.3 Å². The minimum atomic E-state index is -2.47. The van der Waals surface area contributed by atoms with Crippen LogP contribution >= 0.6 is 22.2 Å². The Kier molecular flexibility index (Phi) is 7.30. The van der Waals surface area contributed by atoms with Gasteiger partial charge in [-0.2, -0.15) is 15.9 Å². The molecule has 0 spiro atoms. The molecule has 3 aliphatic rings. The summed E-state index contributed by atoms with van der Waals surface area (Å²) in [6.07, 6.45) is 4.86. The monoisotopic (exact) mass is 580 g/mol. The molecule has 1 aromatic heterocycles. The van der Waals surface area contributed by atoms with E-state index in [1.807, 2.05) is 42.5 Å². The van der Waals surface area contributed by atoms with Crippen molar-refractivity contribution in [3.8, 4) is 28.8 Å². The van der Waals surface area contributed by atoms with Crippen LogP contribution in [0.25, 0.3) is 22.7 Å². The average molecular weight is 581 g/mol. The summed E-state index contributed by atoms with van der Waals surface area (Å²) in [4.78, 5) is 20.5. The van der Waals surface area contributed by atoms with Crippen molar-refractivity contribution in [2.75, 3.05) is 29.5 Å². The molecular formula is C30H33ClN4O4S. The number of halogens is 1. The Hall–Kier alpha value is -3.03. The van der Waals surface area contributed by atoms with Gasteiger partial charge in [0, 0.05) is 46.8 Å². The predicted molar refractivity (Wildman–Crippen MR) is 158 cm³/mol. The van der Waals surface area contributed by atoms with Crippen LogP contribution in [-0.4, -0.2) is 50.1 Å². The smallest absolute Gasteiger partial charge is 0.226 e. The van der Waals surface area contributed by atoms with E-state index in [9.17, 15) is 19.2 Å². The van der Waals surface area contributed by atoms with E-state index in [0.717, 1.165) is 42.5 Å². The van der Waals surface area contributed by atoms with Crippen LogP contribution in [0.2, 0.25) is 5.02 Å². The van der Waals surface area contributed by atoms with Crippen LogP contribution in [0.4, 0.5) is 5.69 Å². The van der Waals surface area contributed by atoms with Crippen LogP contribution < -0.4 is 10.2 Å². The lowest BCUT2D eigenvalue weighted by Gasteiger charge is -2.41. The Labute approximate surface area is 240 Å². The minimum absolute atomic E-state index is 0.0816. The molecule has 0 bridgehead atoms. The largest absolute Gasteiger partial charge is 0.440 e. The first-order valence-corrected chi connectivity index (χ1v) is 16.1. The Morgan fingerprint density at radius 1 is 1.10 bits per heavy atom. The number of benzene rings is 2. The van der Waals surface area contributed by atoms with Crippen molar-refractivity contribution < 1.29 is 18.3 Å². The third-order valence-corrected chi connectivity index (χ3v) is 10.3. The lowest BCUT2D eigenvalue weighted by Crippen LogP contribution is -2.42. The van der Waals surface area contributed by atoms with Crippen LogP contribution in [0.3, 0.4) is 0 Å². The highest BCUT2D eigenvalue weighted by molar-refractivity contribution is 8.24. The molecule has 0 radical (unpaired) electrons. The number of nitrogens with zero attached hydrogens (tertiary/aromatic N) is 3. The van der Waals surface area contributed by atoms with Crippen molar-refractivity contribution in [2.24, 2.45) is 5.92 Å². The van der Waals surface area contributed by atoms with Crippen LogP contribution in [0.1, 0.15) is 50.2 Å². The van der Waals surface area contributed by atoms with Gasteiger partial charge in [-0.05, 0) is 56.0 Å². The number of hydrogen-bond acceptors (Lipinski definition) is 7. The molecule has 1 saturated heterocycles. The van der Waals surface area contributed by atoms with Crippen LogP contribution in [0.5, 0.6) is 0 Å². The van der Waals surface area contributed by atoms with E-state index in [0.29, 0.717) is 59.8 Å². The second kappa shape index (κ2) is 10.7. The molecule has 6 rings (SSSR count). The fourth-order valence-corrected chi connectivity index (χ4v) is 7.25. The van der Waals surface area contributed by atoms with Gasteiger partial charge in [0.25, 0.3) is 0 Å². The molecule has 3 N–H and O–H groups in total. The molecule has 210 valence electrons. The molecule has 1 amide bonds. The lowest BCUT2D eigenvalue weighted by atomic mass is 9.76. The van der Waals surface area contributed by atoms with Crippen molar-refractivity contribution in [3.05, 3.63) is 59.3 Å². The van der Waals surface area contributed by atoms with Gasteiger partial charge in [0.05, 0.1) is 17.6 Å². The highest BCUT2D eigenvalue weighted by atomic mass is 35.5. The summed E-state index contributed by atoms with van der Waals surface area (Å²) < 4.78 is 26.5. The summed E-state index contributed by atoms with van der Waals surface area (Å²) in [5.41, 5.74) is 2.66. The molecule has 2 aliphatic carbocycles. The Balaban J connectivity index is 1.34. The fraction of sp³-hybridized carbons (Fsp3) is 0.433. The maximum Gasteiger partial charge on any atom is 0.226 e. The predicted octanol–water partition coefficient (Wildman–Crippen LogP) is 6.68. The molecular weight excluding hydrogens is 548 g/mol. The normalized spacial score (nSPS) is 24.1. The number of nitrogens with one attached hydrogen (secondary N) is 1. The summed E-state index contributed by atoms with van der Waals surface area (Å²) in [7, 11) is -2.47. The zero-order valence-electron chi connectivity index (χ0n) is 22.2. The summed E-state index contributed by atoms with van der Waals surface area (Å²) in [6, 6.07) is 17.7. The first-order valence-electron chi connectivity index (χ1n) is 13.8. The number of hydrogen-bond donors (Lipinski definition) is 3. The molecule has 2 heterocycles. The first kappa shape index (κ1) is 27.2. The van der Waals surface area contributed by atoms with Gasteiger partial charge >= 0.3 is 0 Å². The average Bonchev–Trinajstić information content (AvgIpc) is 3.59. The Morgan fingerprint density at radius 2 is 1.82 bits per heavy atom. The number of rotatable bonds is 6. The number of oxazole rings is 1. The second-order valence-electron chi connectivity index (χ2n) is 11.2. The van der Waals surface area contributed by atoms with Crippen molar-refractivity contribution in [1.29, 1.82) is 5.26 Å². The lowest BCUT2D eigenvalue weighted by molar-refractivity contribution is -0.127. The third-order valence-electron chi connectivity index (χ3n) is 8.37. The van der Waals surface area contributed by atoms with Gasteiger partial charge in [-0.1, -0.05) is 42.6 Å². The van der Waals surface area contributed by atoms with Gasteiger partial charge in [-0.25, -0.2) is 4.98 Å². The van der Waals surface area contributed by atoms with E-state index < -0.39 is 16.1 Å². The molecule has 1 aliphatic heterocycles. The van der Waals surface area contributed by atoms with Gasteiger partial charge in [-0.3, -0.25) is 13.9 Å². The molecule has 0 unspecified atom stereocenters. The number of carbonyl (C=O) groups excluding carboxylic acids is 1. The number of carbonyl (C=O) groups is 1. The van der Waals surface area contributed by atoms with Crippen molar-refractivity contribution >= 4 is 33.8 Å². The van der Waals surface area contributed by atoms with Gasteiger partial charge < -0.3 is 14.6 Å². The van der Waals surface area contributed by atoms with E-state index in [2.05, 4.69) is 16.3 Å². The molecule has 3 aromatic rings. The summed E-state index contributed by atoms with van der Waals surface area (Å²) in [5.74, 6) is 1.36. The molecule has 10 heteroatoms. The summed E-state index contributed by atoms with van der Waals surface area (Å²) >= 11 is 6.28. The summed E-state index contributed by atoms with van der Waals surface area (Å²) in [6.45, 7) is 1.19. The Morgan fingerprint density at radius 3 is 2.50 bits per heavy atom. The van der Waals surface area contributed by atoms with Crippen molar-refractivity contribution in [3.63, 3.8) is 0 Å². The number of anilines is 1. The molecule has 3 fully saturated rings. The second-order valence-corrected chi connectivity index (χ2v) is 14.0. The number of amides is 1. The standard InChI is InChI=1S/C30H33ClN4O4S/c31-22-5-3-4-21(18-22)29-33-26(20-8-10-23(11-9-20)35-14-16-40(37,38)17-15-35)27(39-29)24-6-1-2-7-25(24)28(36)34-30(19-32)12-13-30/h3-5,8-11,18,24-25,37-38H,1-2,6-7,12-17H2,(H,34,36)/t24-,25-/m1/s1. The summed E-state index contributed by atoms with van der Waals surface area (Å²) in [5, 5.41) is 13.2. The highest BCUT2D eigenvalue weighted by Crippen LogP contribution is 2.45. The third kappa shape index (κ3) is 5.59. The maximum absolute atomic E-state index is 13.4.